The maximum absolute atomic E-state index is 15.0. The van der Waals surface area contributed by atoms with Gasteiger partial charge in [-0.15, -0.1) is 5.10 Å². The van der Waals surface area contributed by atoms with Gasteiger partial charge in [0.15, 0.2) is 0 Å². The van der Waals surface area contributed by atoms with Gasteiger partial charge in [0.1, 0.15) is 29.5 Å². The average Bonchev–Trinajstić information content (AvgIpc) is 3.87. The zero-order chi connectivity index (χ0) is 39.3. The highest BCUT2D eigenvalue weighted by atomic mass is 19.1. The number of benzene rings is 4. The molecule has 1 saturated heterocycles. The number of nitrogens with one attached hydrogen (secondary N) is 1. The normalized spacial score (nSPS) is 17.2. The first-order valence-corrected chi connectivity index (χ1v) is 18.0. The van der Waals surface area contributed by atoms with Crippen LogP contribution in [0.2, 0.25) is 0 Å². The number of aromatic nitrogens is 4. The molecule has 2 atom stereocenters. The molecular weight excluding hydrogens is 726 g/mol. The fraction of sp³-hybridized carbons (Fsp3) is 0.275. The van der Waals surface area contributed by atoms with Crippen LogP contribution in [0.1, 0.15) is 55.5 Å². The number of halogens is 2. The number of fused-ring (bicyclic) bond motifs is 5. The first-order valence-electron chi connectivity index (χ1n) is 18.0. The summed E-state index contributed by atoms with van der Waals surface area (Å²) in [6.45, 7) is 1.84. The molecule has 56 heavy (non-hydrogen) atoms. The van der Waals surface area contributed by atoms with Crippen molar-refractivity contribution in [1.82, 2.24) is 40.2 Å². The number of ether oxygens (including phenoxy) is 2. The summed E-state index contributed by atoms with van der Waals surface area (Å²) in [5.74, 6) is -2.79. The molecule has 0 spiro atoms. The van der Waals surface area contributed by atoms with Gasteiger partial charge in [-0.2, -0.15) is 0 Å². The van der Waals surface area contributed by atoms with Crippen LogP contribution in [0.4, 0.5) is 8.78 Å². The minimum Gasteiger partial charge on any atom is -0.457 e. The second-order valence-corrected chi connectivity index (χ2v) is 13.7. The summed E-state index contributed by atoms with van der Waals surface area (Å²) in [6, 6.07) is 20.4. The topological polar surface area (TPSA) is 152 Å². The van der Waals surface area contributed by atoms with Gasteiger partial charge in [-0.05, 0) is 83.1 Å². The number of rotatable bonds is 7. The van der Waals surface area contributed by atoms with E-state index in [1.807, 2.05) is 6.92 Å². The van der Waals surface area contributed by atoms with Crippen LogP contribution in [-0.4, -0.2) is 104 Å². The Morgan fingerprint density at radius 3 is 2.48 bits per heavy atom. The Morgan fingerprint density at radius 1 is 0.946 bits per heavy atom. The second-order valence-electron chi connectivity index (χ2n) is 13.7. The van der Waals surface area contributed by atoms with Crippen LogP contribution in [-0.2, 0) is 22.7 Å². The second kappa shape index (κ2) is 16.4. The van der Waals surface area contributed by atoms with Crippen LogP contribution >= 0.6 is 0 Å². The van der Waals surface area contributed by atoms with Crippen molar-refractivity contribution in [3.05, 3.63) is 131 Å². The number of nitrogens with zero attached hydrogens (tertiary/aromatic N) is 7. The molecule has 1 fully saturated rings. The van der Waals surface area contributed by atoms with Gasteiger partial charge in [0.2, 0.25) is 5.91 Å². The Balaban J connectivity index is 1.17. The van der Waals surface area contributed by atoms with Gasteiger partial charge < -0.3 is 29.5 Å². The number of likely N-dealkylation sites (tertiary alicyclic amines) is 1. The molecule has 0 saturated carbocycles. The largest absolute Gasteiger partial charge is 0.457 e. The van der Waals surface area contributed by atoms with Crippen LogP contribution in [0.15, 0.2) is 91.3 Å². The maximum Gasteiger partial charge on any atom is 0.254 e. The highest BCUT2D eigenvalue weighted by Gasteiger charge is 2.38. The molecule has 2 aliphatic rings. The monoisotopic (exact) mass is 764 g/mol. The summed E-state index contributed by atoms with van der Waals surface area (Å²) in [4.78, 5) is 59.5. The standard InChI is InChI=1S/C40H38F2N8O6/c1-3-12-48-22-37(51)44-35-20-49(39(53)26-8-10-31(11-9-26)50-24-43-45-46-50)21-36(35)55-23-25-13-30(41)18-32(14-25)56-33-16-28(15-29(17-33)40(48)54)38(52)47(2)19-27-6-4-5-7-34(27)42/h4-11,13-18,24,35-36H,3,12,19-23H2,1-2H3,(H,44,51)/t35-,36-/m1/s1. The van der Waals surface area contributed by atoms with Crippen molar-refractivity contribution in [2.75, 3.05) is 33.2 Å². The van der Waals surface area contributed by atoms with E-state index in [-0.39, 0.29) is 67.9 Å². The van der Waals surface area contributed by atoms with Crippen molar-refractivity contribution in [3.8, 4) is 17.2 Å². The Morgan fingerprint density at radius 2 is 1.73 bits per heavy atom. The van der Waals surface area contributed by atoms with Crippen molar-refractivity contribution < 1.29 is 37.4 Å². The maximum atomic E-state index is 15.0. The fourth-order valence-electron chi connectivity index (χ4n) is 6.78. The lowest BCUT2D eigenvalue weighted by atomic mass is 10.1. The van der Waals surface area contributed by atoms with E-state index in [0.29, 0.717) is 28.8 Å². The molecule has 5 aromatic rings. The Labute approximate surface area is 320 Å². The van der Waals surface area contributed by atoms with Gasteiger partial charge in [0, 0.05) is 61.5 Å². The summed E-state index contributed by atoms with van der Waals surface area (Å²) in [7, 11) is 1.51. The third kappa shape index (κ3) is 8.55. The van der Waals surface area contributed by atoms with Crippen molar-refractivity contribution in [1.29, 1.82) is 0 Å². The molecule has 288 valence electrons. The molecule has 1 aromatic heterocycles. The number of tetrazole rings is 1. The number of amides is 4. The minimum absolute atomic E-state index is 0.0470. The van der Waals surface area contributed by atoms with Crippen LogP contribution in [0.25, 0.3) is 5.69 Å². The first-order chi connectivity index (χ1) is 27.0. The fourth-order valence-corrected chi connectivity index (χ4v) is 6.78. The molecule has 4 amide bonds. The van der Waals surface area contributed by atoms with E-state index >= 15 is 4.39 Å². The third-order valence-electron chi connectivity index (χ3n) is 9.49. The van der Waals surface area contributed by atoms with Gasteiger partial charge in [-0.1, -0.05) is 25.1 Å². The van der Waals surface area contributed by atoms with Gasteiger partial charge in [0.05, 0.1) is 31.0 Å². The van der Waals surface area contributed by atoms with Gasteiger partial charge >= 0.3 is 0 Å². The molecular formula is C40H38F2N8O6. The molecule has 0 unspecified atom stereocenters. The van der Waals surface area contributed by atoms with E-state index in [2.05, 4.69) is 20.8 Å². The lowest BCUT2D eigenvalue weighted by Crippen LogP contribution is -2.49. The van der Waals surface area contributed by atoms with Gasteiger partial charge in [0.25, 0.3) is 17.7 Å². The number of hydrogen-bond acceptors (Lipinski definition) is 9. The molecule has 0 aliphatic carbocycles. The van der Waals surface area contributed by atoms with Crippen LogP contribution in [0.3, 0.4) is 0 Å². The smallest absolute Gasteiger partial charge is 0.254 e. The van der Waals surface area contributed by atoms with E-state index in [4.69, 9.17) is 9.47 Å². The molecule has 7 rings (SSSR count). The molecule has 3 heterocycles. The van der Waals surface area contributed by atoms with Crippen molar-refractivity contribution in [2.45, 2.75) is 38.6 Å². The molecule has 16 heteroatoms. The van der Waals surface area contributed by atoms with E-state index < -0.39 is 41.5 Å². The van der Waals surface area contributed by atoms with E-state index in [9.17, 15) is 23.6 Å². The molecule has 1 N–H and O–H groups in total. The van der Waals surface area contributed by atoms with Gasteiger partial charge in [-0.25, -0.2) is 13.5 Å². The molecule has 0 radical (unpaired) electrons. The Kier molecular flexibility index (Phi) is 11.1. The SMILES string of the molecule is CCCN1CC(=O)N[C@@H]2CN(C(=O)c3ccc(-n4cnnn4)cc3)C[C@H]2OCc2cc(F)cc(c2)Oc2cc(C(=O)N(C)Cc3ccccc3F)cc(c2)C1=O. The lowest BCUT2D eigenvalue weighted by molar-refractivity contribution is -0.123. The van der Waals surface area contributed by atoms with Crippen molar-refractivity contribution >= 4 is 23.6 Å². The van der Waals surface area contributed by atoms with Crippen LogP contribution < -0.4 is 10.1 Å². The minimum atomic E-state index is -0.679. The summed E-state index contributed by atoms with van der Waals surface area (Å²) in [5, 5.41) is 14.1. The quantitative estimate of drug-likeness (QED) is 0.254. The first kappa shape index (κ1) is 37.8. The molecule has 14 nitrogen and oxygen atoms in total. The van der Waals surface area contributed by atoms with Gasteiger partial charge in [-0.3, -0.25) is 19.2 Å². The molecule has 4 aromatic carbocycles. The number of carbonyl (C=O) groups excluding carboxylic acids is 4. The average molecular weight is 765 g/mol. The molecule has 4 bridgehead atoms. The highest BCUT2D eigenvalue weighted by molar-refractivity contribution is 6.01. The number of carbonyl (C=O) groups is 4. The Bertz CT molecular complexity index is 2250. The van der Waals surface area contributed by atoms with Crippen molar-refractivity contribution in [2.24, 2.45) is 0 Å². The summed E-state index contributed by atoms with van der Waals surface area (Å²) in [6.07, 6.45) is 1.27. The van der Waals surface area contributed by atoms with E-state index in [0.717, 1.165) is 0 Å². The highest BCUT2D eigenvalue weighted by Crippen LogP contribution is 2.29. The zero-order valence-electron chi connectivity index (χ0n) is 30.6. The number of hydrogen-bond donors (Lipinski definition) is 1. The lowest BCUT2D eigenvalue weighted by Gasteiger charge is -2.25. The van der Waals surface area contributed by atoms with E-state index in [1.165, 1.54) is 64.3 Å². The summed E-state index contributed by atoms with van der Waals surface area (Å²) in [5.41, 5.74) is 1.89. The third-order valence-corrected chi connectivity index (χ3v) is 9.49. The summed E-state index contributed by atoms with van der Waals surface area (Å²) >= 11 is 0. The Hall–Kier alpha value is -6.55. The van der Waals surface area contributed by atoms with Crippen LogP contribution in [0, 0.1) is 11.6 Å². The zero-order valence-corrected chi connectivity index (χ0v) is 30.6. The van der Waals surface area contributed by atoms with Crippen molar-refractivity contribution in [3.63, 3.8) is 0 Å². The predicted molar refractivity (Wildman–Crippen MR) is 197 cm³/mol. The van der Waals surface area contributed by atoms with Crippen LogP contribution in [0.5, 0.6) is 11.5 Å². The predicted octanol–water partition coefficient (Wildman–Crippen LogP) is 4.40. The summed E-state index contributed by atoms with van der Waals surface area (Å²) < 4.78 is 43.3. The van der Waals surface area contributed by atoms with E-state index in [1.54, 1.807) is 53.4 Å². The molecule has 2 aliphatic heterocycles.